The van der Waals surface area contributed by atoms with Crippen LogP contribution in [-0.2, 0) is 4.79 Å². The minimum atomic E-state index is -0.800. The summed E-state index contributed by atoms with van der Waals surface area (Å²) in [7, 11) is 0. The average molecular weight is 401 g/mol. The number of nitrogens with one attached hydrogen (secondary N) is 1. The lowest BCUT2D eigenvalue weighted by Crippen LogP contribution is -2.45. The number of thioether (sulfide) groups is 1. The maximum atomic E-state index is 12.4. The van der Waals surface area contributed by atoms with Crippen molar-refractivity contribution in [2.75, 3.05) is 0 Å². The Balaban J connectivity index is 1.74. The zero-order valence-corrected chi connectivity index (χ0v) is 15.2. The van der Waals surface area contributed by atoms with E-state index in [1.165, 1.54) is 30.5 Å². The van der Waals surface area contributed by atoms with E-state index >= 15 is 0 Å². The molecule has 27 heavy (non-hydrogen) atoms. The highest BCUT2D eigenvalue weighted by Crippen LogP contribution is 2.30. The van der Waals surface area contributed by atoms with Crippen LogP contribution in [-0.4, -0.2) is 26.1 Å². The Morgan fingerprint density at radius 3 is 2.78 bits per heavy atom. The van der Waals surface area contributed by atoms with Crippen LogP contribution in [0.2, 0.25) is 0 Å². The molecule has 1 N–H and O–H groups in total. The standard InChI is InChI=1S/C17H11N3O5S2/c21-15(12-7-1-2-8-13(12)20(23)24)18-19-16(22)14(27-17(19)26)9-3-5-11-6-4-10-25-11/h1-10H,(H,18,21). The third-order valence-corrected chi connectivity index (χ3v) is 4.72. The van der Waals surface area contributed by atoms with Crippen molar-refractivity contribution in [3.8, 4) is 0 Å². The van der Waals surface area contributed by atoms with Gasteiger partial charge in [-0.2, -0.15) is 5.01 Å². The van der Waals surface area contributed by atoms with Crippen LogP contribution in [0.3, 0.4) is 0 Å². The molecule has 1 saturated heterocycles. The molecule has 2 aromatic rings. The molecule has 0 bridgehead atoms. The molecule has 1 aromatic carbocycles. The Kier molecular flexibility index (Phi) is 5.48. The van der Waals surface area contributed by atoms with Gasteiger partial charge in [-0.1, -0.05) is 30.0 Å². The number of hydrogen-bond donors (Lipinski definition) is 1. The maximum absolute atomic E-state index is 12.4. The zero-order chi connectivity index (χ0) is 19.4. The molecule has 10 heteroatoms. The number of thiocarbonyl (C=S) groups is 1. The van der Waals surface area contributed by atoms with Crippen molar-refractivity contribution < 1.29 is 18.9 Å². The number of carbonyl (C=O) groups excluding carboxylic acids is 2. The molecule has 1 aromatic heterocycles. The number of furan rings is 1. The third-order valence-electron chi connectivity index (χ3n) is 3.40. The number of benzene rings is 1. The Bertz CT molecular complexity index is 982. The fourth-order valence-corrected chi connectivity index (χ4v) is 3.31. The smallest absolute Gasteiger partial charge is 0.285 e. The Hall–Kier alpha value is -3.24. The van der Waals surface area contributed by atoms with Crippen molar-refractivity contribution in [3.05, 3.63) is 81.2 Å². The molecule has 8 nitrogen and oxygen atoms in total. The van der Waals surface area contributed by atoms with Crippen molar-refractivity contribution in [1.29, 1.82) is 0 Å². The summed E-state index contributed by atoms with van der Waals surface area (Å²) >= 11 is 6.12. The van der Waals surface area contributed by atoms with E-state index in [4.69, 9.17) is 16.6 Å². The molecular formula is C17H11N3O5S2. The first-order chi connectivity index (χ1) is 13.0. The topological polar surface area (TPSA) is 106 Å². The molecule has 0 unspecified atom stereocenters. The molecule has 0 saturated carbocycles. The molecule has 136 valence electrons. The first kappa shape index (κ1) is 18.5. The SMILES string of the molecule is O=C(NN1C(=O)C(=CC=Cc2ccco2)SC1=S)c1ccccc1[N+](=O)[O-]. The number of rotatable bonds is 5. The van der Waals surface area contributed by atoms with Gasteiger partial charge in [-0.25, -0.2) is 0 Å². The lowest BCUT2D eigenvalue weighted by Gasteiger charge is -2.15. The Morgan fingerprint density at radius 2 is 2.07 bits per heavy atom. The van der Waals surface area contributed by atoms with Gasteiger partial charge in [0.1, 0.15) is 11.3 Å². The number of hydrazine groups is 1. The van der Waals surface area contributed by atoms with Crippen molar-refractivity contribution in [2.24, 2.45) is 0 Å². The summed E-state index contributed by atoms with van der Waals surface area (Å²) < 4.78 is 5.26. The number of amides is 2. The van der Waals surface area contributed by atoms with E-state index in [-0.39, 0.29) is 15.6 Å². The molecule has 2 heterocycles. The number of nitrogens with zero attached hydrogens (tertiary/aromatic N) is 2. The molecule has 2 amide bonds. The molecule has 0 atom stereocenters. The summed E-state index contributed by atoms with van der Waals surface area (Å²) in [5, 5.41) is 11.9. The zero-order valence-electron chi connectivity index (χ0n) is 13.5. The molecular weight excluding hydrogens is 390 g/mol. The molecule has 0 aliphatic carbocycles. The minimum absolute atomic E-state index is 0.115. The van der Waals surface area contributed by atoms with Gasteiger partial charge in [-0.15, -0.1) is 0 Å². The predicted molar refractivity (Wildman–Crippen MR) is 103 cm³/mol. The van der Waals surface area contributed by atoms with E-state index in [0.29, 0.717) is 10.7 Å². The lowest BCUT2D eigenvalue weighted by molar-refractivity contribution is -0.385. The van der Waals surface area contributed by atoms with E-state index in [1.54, 1.807) is 30.4 Å². The van der Waals surface area contributed by atoms with Crippen LogP contribution in [0.15, 0.2) is 64.1 Å². The summed E-state index contributed by atoms with van der Waals surface area (Å²) in [6.45, 7) is 0. The van der Waals surface area contributed by atoms with Crippen LogP contribution < -0.4 is 5.43 Å². The van der Waals surface area contributed by atoms with Gasteiger partial charge in [-0.05, 0) is 42.6 Å². The highest BCUT2D eigenvalue weighted by molar-refractivity contribution is 8.26. The van der Waals surface area contributed by atoms with Gasteiger partial charge in [0.25, 0.3) is 17.5 Å². The molecule has 0 radical (unpaired) electrons. The second kappa shape index (κ2) is 7.98. The van der Waals surface area contributed by atoms with Gasteiger partial charge in [0, 0.05) is 6.07 Å². The van der Waals surface area contributed by atoms with E-state index in [0.717, 1.165) is 16.8 Å². The number of nitro benzene ring substituents is 1. The molecule has 1 aliphatic rings. The number of carbonyl (C=O) groups is 2. The quantitative estimate of drug-likeness (QED) is 0.355. The van der Waals surface area contributed by atoms with Crippen LogP contribution in [0.4, 0.5) is 5.69 Å². The summed E-state index contributed by atoms with van der Waals surface area (Å²) in [6, 6.07) is 8.93. The second-order valence-corrected chi connectivity index (χ2v) is 6.80. The van der Waals surface area contributed by atoms with Gasteiger partial charge in [0.2, 0.25) is 0 Å². The van der Waals surface area contributed by atoms with Crippen molar-refractivity contribution in [1.82, 2.24) is 10.4 Å². The van der Waals surface area contributed by atoms with E-state index in [9.17, 15) is 19.7 Å². The highest BCUT2D eigenvalue weighted by atomic mass is 32.2. The monoisotopic (exact) mass is 401 g/mol. The summed E-state index contributed by atoms with van der Waals surface area (Å²) in [5.74, 6) is -0.710. The molecule has 1 aliphatic heterocycles. The second-order valence-electron chi connectivity index (χ2n) is 5.13. The first-order valence-corrected chi connectivity index (χ1v) is 8.72. The van der Waals surface area contributed by atoms with Gasteiger partial charge >= 0.3 is 0 Å². The summed E-state index contributed by atoms with van der Waals surface area (Å²) in [4.78, 5) is 35.5. The van der Waals surface area contributed by atoms with Gasteiger partial charge < -0.3 is 4.42 Å². The largest absolute Gasteiger partial charge is 0.465 e. The van der Waals surface area contributed by atoms with E-state index in [1.807, 2.05) is 0 Å². The fourth-order valence-electron chi connectivity index (χ4n) is 2.18. The van der Waals surface area contributed by atoms with Crippen molar-refractivity contribution in [3.63, 3.8) is 0 Å². The van der Waals surface area contributed by atoms with Gasteiger partial charge in [0.15, 0.2) is 4.32 Å². The van der Waals surface area contributed by atoms with E-state index < -0.39 is 16.7 Å². The van der Waals surface area contributed by atoms with E-state index in [2.05, 4.69) is 5.43 Å². The van der Waals surface area contributed by atoms with Crippen LogP contribution in [0.1, 0.15) is 16.1 Å². The van der Waals surface area contributed by atoms with Crippen LogP contribution in [0.25, 0.3) is 6.08 Å². The highest BCUT2D eigenvalue weighted by Gasteiger charge is 2.34. The summed E-state index contributed by atoms with van der Waals surface area (Å²) in [5.41, 5.74) is 1.79. The van der Waals surface area contributed by atoms with Crippen LogP contribution in [0, 0.1) is 10.1 Å². The normalized spacial score (nSPS) is 15.7. The number of hydrogen-bond acceptors (Lipinski definition) is 7. The number of nitro groups is 1. The minimum Gasteiger partial charge on any atom is -0.465 e. The molecule has 3 rings (SSSR count). The third kappa shape index (κ3) is 4.13. The maximum Gasteiger partial charge on any atom is 0.285 e. The van der Waals surface area contributed by atoms with Gasteiger partial charge in [0.05, 0.1) is 16.1 Å². The fraction of sp³-hybridized carbons (Fsp3) is 0. The molecule has 1 fully saturated rings. The average Bonchev–Trinajstić information content (AvgIpc) is 3.26. The number of allylic oxidation sites excluding steroid dienone is 2. The van der Waals surface area contributed by atoms with Crippen LogP contribution >= 0.6 is 24.0 Å². The van der Waals surface area contributed by atoms with Crippen molar-refractivity contribution >= 4 is 51.9 Å². The van der Waals surface area contributed by atoms with Crippen LogP contribution in [0.5, 0.6) is 0 Å². The number of para-hydroxylation sites is 1. The first-order valence-electron chi connectivity index (χ1n) is 7.50. The molecule has 0 spiro atoms. The lowest BCUT2D eigenvalue weighted by atomic mass is 10.2. The predicted octanol–water partition coefficient (Wildman–Crippen LogP) is 3.29. The van der Waals surface area contributed by atoms with Crippen molar-refractivity contribution in [2.45, 2.75) is 0 Å². The summed E-state index contributed by atoms with van der Waals surface area (Å²) in [6.07, 6.45) is 6.35. The Labute approximate surface area is 162 Å². The Morgan fingerprint density at radius 1 is 1.30 bits per heavy atom. The van der Waals surface area contributed by atoms with Gasteiger partial charge in [-0.3, -0.25) is 25.1 Å².